The molecule has 27 heavy (non-hydrogen) atoms. The van der Waals surface area contributed by atoms with Gasteiger partial charge in [0.1, 0.15) is 5.75 Å². The standard InChI is InChI=1S/C21H36N4O2/c1-5-22-21(24-16-19-8-6-11-25(19)3)23-15-18-10-9-17(2)14-20(18)27-13-7-12-26-4/h9-10,14,19H,5-8,11-13,15-16H2,1-4H3,(H2,22,23,24). The van der Waals surface area contributed by atoms with Crippen molar-refractivity contribution in [3.05, 3.63) is 29.3 Å². The zero-order valence-corrected chi connectivity index (χ0v) is 17.4. The van der Waals surface area contributed by atoms with Gasteiger partial charge in [-0.1, -0.05) is 12.1 Å². The van der Waals surface area contributed by atoms with Gasteiger partial charge in [0.15, 0.2) is 5.96 Å². The van der Waals surface area contributed by atoms with E-state index in [0.717, 1.165) is 36.8 Å². The van der Waals surface area contributed by atoms with Crippen LogP contribution >= 0.6 is 0 Å². The first-order valence-electron chi connectivity index (χ1n) is 10.1. The van der Waals surface area contributed by atoms with Crippen molar-refractivity contribution >= 4 is 5.96 Å². The largest absolute Gasteiger partial charge is 0.493 e. The molecule has 6 nitrogen and oxygen atoms in total. The van der Waals surface area contributed by atoms with Crippen molar-refractivity contribution in [2.24, 2.45) is 4.99 Å². The minimum atomic E-state index is 0.591. The smallest absolute Gasteiger partial charge is 0.191 e. The maximum absolute atomic E-state index is 5.97. The summed E-state index contributed by atoms with van der Waals surface area (Å²) in [5.74, 6) is 1.78. The van der Waals surface area contributed by atoms with Crippen molar-refractivity contribution in [2.75, 3.05) is 47.0 Å². The van der Waals surface area contributed by atoms with Crippen molar-refractivity contribution in [1.82, 2.24) is 15.5 Å². The molecule has 1 aliphatic heterocycles. The second-order valence-corrected chi connectivity index (χ2v) is 7.16. The number of aliphatic imine (C=N–C) groups is 1. The fourth-order valence-corrected chi connectivity index (χ4v) is 3.27. The highest BCUT2D eigenvalue weighted by molar-refractivity contribution is 5.79. The zero-order valence-electron chi connectivity index (χ0n) is 17.4. The zero-order chi connectivity index (χ0) is 19.5. The SMILES string of the molecule is CCNC(=NCc1ccc(C)cc1OCCCOC)NCC1CCCN1C. The molecule has 2 N–H and O–H groups in total. The van der Waals surface area contributed by atoms with Gasteiger partial charge < -0.3 is 25.0 Å². The van der Waals surface area contributed by atoms with Gasteiger partial charge in [0.05, 0.1) is 13.2 Å². The maximum Gasteiger partial charge on any atom is 0.191 e. The lowest BCUT2D eigenvalue weighted by Crippen LogP contribution is -2.44. The number of hydrogen-bond acceptors (Lipinski definition) is 4. The molecule has 0 aliphatic carbocycles. The highest BCUT2D eigenvalue weighted by atomic mass is 16.5. The molecule has 1 saturated heterocycles. The lowest BCUT2D eigenvalue weighted by atomic mass is 10.1. The van der Waals surface area contributed by atoms with Crippen molar-refractivity contribution < 1.29 is 9.47 Å². The Kier molecular flexibility index (Phi) is 9.42. The Morgan fingerprint density at radius 3 is 2.85 bits per heavy atom. The van der Waals surface area contributed by atoms with Gasteiger partial charge in [0.2, 0.25) is 0 Å². The number of ether oxygens (including phenoxy) is 2. The molecule has 1 unspecified atom stereocenters. The molecule has 152 valence electrons. The third kappa shape index (κ3) is 7.39. The number of benzene rings is 1. The van der Waals surface area contributed by atoms with Crippen LogP contribution in [0.25, 0.3) is 0 Å². The normalized spacial score (nSPS) is 17.9. The second kappa shape index (κ2) is 11.8. The summed E-state index contributed by atoms with van der Waals surface area (Å²) >= 11 is 0. The van der Waals surface area contributed by atoms with Gasteiger partial charge in [0.25, 0.3) is 0 Å². The van der Waals surface area contributed by atoms with E-state index in [9.17, 15) is 0 Å². The van der Waals surface area contributed by atoms with Gasteiger partial charge in [-0.05, 0) is 51.9 Å². The van der Waals surface area contributed by atoms with Gasteiger partial charge in [-0.25, -0.2) is 4.99 Å². The molecule has 1 fully saturated rings. The molecule has 1 heterocycles. The van der Waals surface area contributed by atoms with Gasteiger partial charge in [-0.3, -0.25) is 0 Å². The second-order valence-electron chi connectivity index (χ2n) is 7.16. The summed E-state index contributed by atoms with van der Waals surface area (Å²) in [5, 5.41) is 6.84. The molecule has 2 rings (SSSR count). The fraction of sp³-hybridized carbons (Fsp3) is 0.667. The van der Waals surface area contributed by atoms with Crippen LogP contribution in [0.15, 0.2) is 23.2 Å². The number of methoxy groups -OCH3 is 1. The van der Waals surface area contributed by atoms with Gasteiger partial charge in [0, 0.05) is 44.8 Å². The highest BCUT2D eigenvalue weighted by Crippen LogP contribution is 2.21. The third-order valence-electron chi connectivity index (χ3n) is 4.90. The summed E-state index contributed by atoms with van der Waals surface area (Å²) in [5.41, 5.74) is 2.30. The molecular weight excluding hydrogens is 340 g/mol. The molecule has 6 heteroatoms. The van der Waals surface area contributed by atoms with Gasteiger partial charge in [-0.2, -0.15) is 0 Å². The van der Waals surface area contributed by atoms with Crippen molar-refractivity contribution in [3.63, 3.8) is 0 Å². The fourth-order valence-electron chi connectivity index (χ4n) is 3.27. The molecule has 0 aromatic heterocycles. The van der Waals surface area contributed by atoms with E-state index >= 15 is 0 Å². The topological polar surface area (TPSA) is 58.1 Å². The maximum atomic E-state index is 5.97. The van der Waals surface area contributed by atoms with E-state index < -0.39 is 0 Å². The predicted octanol–water partition coefficient (Wildman–Crippen LogP) is 2.56. The Morgan fingerprint density at radius 1 is 1.30 bits per heavy atom. The Hall–Kier alpha value is -1.79. The molecule has 1 aliphatic rings. The van der Waals surface area contributed by atoms with E-state index in [1.807, 2.05) is 0 Å². The quantitative estimate of drug-likeness (QED) is 0.373. The van der Waals surface area contributed by atoms with E-state index in [0.29, 0.717) is 25.8 Å². The van der Waals surface area contributed by atoms with E-state index in [-0.39, 0.29) is 0 Å². The minimum Gasteiger partial charge on any atom is -0.493 e. The van der Waals surface area contributed by atoms with Gasteiger partial charge >= 0.3 is 0 Å². The number of aryl methyl sites for hydroxylation is 1. The van der Waals surface area contributed by atoms with Crippen LogP contribution in [0, 0.1) is 6.92 Å². The van der Waals surface area contributed by atoms with Crippen molar-refractivity contribution in [2.45, 2.75) is 45.7 Å². The predicted molar refractivity (Wildman–Crippen MR) is 112 cm³/mol. The molecule has 0 spiro atoms. The number of nitrogens with zero attached hydrogens (tertiary/aromatic N) is 2. The first-order valence-corrected chi connectivity index (χ1v) is 10.1. The number of nitrogens with one attached hydrogen (secondary N) is 2. The lowest BCUT2D eigenvalue weighted by molar-refractivity contribution is 0.172. The molecule has 0 bridgehead atoms. The summed E-state index contributed by atoms with van der Waals surface area (Å²) in [6.07, 6.45) is 3.41. The van der Waals surface area contributed by atoms with Gasteiger partial charge in [-0.15, -0.1) is 0 Å². The molecule has 1 aromatic rings. The average Bonchev–Trinajstić information content (AvgIpc) is 3.07. The van der Waals surface area contributed by atoms with Crippen LogP contribution in [0.4, 0.5) is 0 Å². The van der Waals surface area contributed by atoms with E-state index in [1.54, 1.807) is 7.11 Å². The lowest BCUT2D eigenvalue weighted by Gasteiger charge is -2.21. The Bertz CT molecular complexity index is 592. The van der Waals surface area contributed by atoms with E-state index in [4.69, 9.17) is 14.5 Å². The Labute approximate surface area is 164 Å². The molecule has 0 radical (unpaired) electrons. The van der Waals surface area contributed by atoms with Crippen molar-refractivity contribution in [3.8, 4) is 5.75 Å². The number of rotatable bonds is 10. The molecule has 1 aromatic carbocycles. The monoisotopic (exact) mass is 376 g/mol. The first kappa shape index (κ1) is 21.5. The molecule has 1 atom stereocenters. The number of likely N-dealkylation sites (tertiary alicyclic amines) is 1. The Balaban J connectivity index is 1.96. The summed E-state index contributed by atoms with van der Waals surface area (Å²) in [4.78, 5) is 7.19. The number of hydrogen-bond donors (Lipinski definition) is 2. The number of likely N-dealkylation sites (N-methyl/N-ethyl adjacent to an activating group) is 1. The van der Waals surface area contributed by atoms with Crippen LogP contribution in [-0.2, 0) is 11.3 Å². The van der Waals surface area contributed by atoms with Crippen LogP contribution in [0.5, 0.6) is 5.75 Å². The minimum absolute atomic E-state index is 0.591. The summed E-state index contributed by atoms with van der Waals surface area (Å²) in [7, 11) is 3.91. The van der Waals surface area contributed by atoms with E-state index in [2.05, 4.69) is 54.6 Å². The van der Waals surface area contributed by atoms with Crippen LogP contribution in [0.3, 0.4) is 0 Å². The third-order valence-corrected chi connectivity index (χ3v) is 4.90. The number of guanidine groups is 1. The molecular formula is C21H36N4O2. The summed E-state index contributed by atoms with van der Waals surface area (Å²) in [6, 6.07) is 6.90. The average molecular weight is 377 g/mol. The van der Waals surface area contributed by atoms with Crippen LogP contribution < -0.4 is 15.4 Å². The van der Waals surface area contributed by atoms with Crippen LogP contribution in [-0.4, -0.2) is 63.9 Å². The summed E-state index contributed by atoms with van der Waals surface area (Å²) < 4.78 is 11.1. The molecule has 0 amide bonds. The van der Waals surface area contributed by atoms with E-state index in [1.165, 1.54) is 24.9 Å². The Morgan fingerprint density at radius 2 is 2.15 bits per heavy atom. The van der Waals surface area contributed by atoms with Crippen LogP contribution in [0.2, 0.25) is 0 Å². The summed E-state index contributed by atoms with van der Waals surface area (Å²) in [6.45, 7) is 9.09. The van der Waals surface area contributed by atoms with Crippen LogP contribution in [0.1, 0.15) is 37.3 Å². The van der Waals surface area contributed by atoms with Crippen molar-refractivity contribution in [1.29, 1.82) is 0 Å². The molecule has 0 saturated carbocycles. The highest BCUT2D eigenvalue weighted by Gasteiger charge is 2.20. The first-order chi connectivity index (χ1) is 13.1.